The van der Waals surface area contributed by atoms with Gasteiger partial charge in [-0.25, -0.2) is 0 Å². The van der Waals surface area contributed by atoms with E-state index < -0.39 is 5.97 Å². The zero-order valence-electron chi connectivity index (χ0n) is 9.56. The van der Waals surface area contributed by atoms with E-state index in [9.17, 15) is 9.59 Å². The quantitative estimate of drug-likeness (QED) is 0.674. The summed E-state index contributed by atoms with van der Waals surface area (Å²) in [5.41, 5.74) is 5.51. The van der Waals surface area contributed by atoms with Crippen molar-refractivity contribution < 1.29 is 14.7 Å². The van der Waals surface area contributed by atoms with Crippen molar-refractivity contribution in [3.63, 3.8) is 0 Å². The van der Waals surface area contributed by atoms with Crippen molar-refractivity contribution in [3.05, 3.63) is 0 Å². The van der Waals surface area contributed by atoms with Gasteiger partial charge in [0, 0.05) is 18.5 Å². The molecule has 2 atom stereocenters. The maximum Gasteiger partial charge on any atom is 0.323 e. The fourth-order valence-corrected chi connectivity index (χ4v) is 1.25. The normalized spacial score (nSPS) is 14.4. The second-order valence-corrected chi connectivity index (χ2v) is 3.85. The molecule has 5 heteroatoms. The highest BCUT2D eigenvalue weighted by molar-refractivity contribution is 5.82. The first-order valence-electron chi connectivity index (χ1n) is 5.15. The van der Waals surface area contributed by atoms with Crippen molar-refractivity contribution in [1.29, 1.82) is 0 Å². The van der Waals surface area contributed by atoms with Gasteiger partial charge in [0.2, 0.25) is 5.91 Å². The van der Waals surface area contributed by atoms with Crippen LogP contribution in [-0.2, 0) is 9.59 Å². The summed E-state index contributed by atoms with van der Waals surface area (Å²) >= 11 is 0. The Morgan fingerprint density at radius 3 is 2.27 bits per heavy atom. The lowest BCUT2D eigenvalue weighted by Crippen LogP contribution is -2.43. The van der Waals surface area contributed by atoms with Crippen molar-refractivity contribution >= 4 is 11.9 Å². The molecule has 3 N–H and O–H groups in total. The van der Waals surface area contributed by atoms with Crippen LogP contribution < -0.4 is 5.73 Å². The molecule has 2 unspecified atom stereocenters. The molecular formula is C10H20N2O3. The van der Waals surface area contributed by atoms with Crippen LogP contribution in [0.5, 0.6) is 0 Å². The van der Waals surface area contributed by atoms with Gasteiger partial charge in [-0.2, -0.15) is 0 Å². The average Bonchev–Trinajstić information content (AvgIpc) is 2.11. The summed E-state index contributed by atoms with van der Waals surface area (Å²) in [7, 11) is 0. The van der Waals surface area contributed by atoms with Gasteiger partial charge < -0.3 is 15.7 Å². The van der Waals surface area contributed by atoms with Gasteiger partial charge >= 0.3 is 5.97 Å². The van der Waals surface area contributed by atoms with E-state index in [0.717, 1.165) is 6.42 Å². The van der Waals surface area contributed by atoms with Crippen molar-refractivity contribution in [2.75, 3.05) is 6.54 Å². The SMILES string of the molecule is CCC(C)N(CC(=O)O)C(=O)CC(C)N. The van der Waals surface area contributed by atoms with Gasteiger partial charge in [0.05, 0.1) is 0 Å². The van der Waals surface area contributed by atoms with Crippen molar-refractivity contribution in [3.8, 4) is 0 Å². The maximum absolute atomic E-state index is 11.7. The molecular weight excluding hydrogens is 196 g/mol. The predicted octanol–water partition coefficient (Wildman–Crippen LogP) is 0.435. The zero-order valence-corrected chi connectivity index (χ0v) is 9.56. The van der Waals surface area contributed by atoms with E-state index in [-0.39, 0.29) is 31.0 Å². The van der Waals surface area contributed by atoms with Crippen LogP contribution in [0.25, 0.3) is 0 Å². The number of carbonyl (C=O) groups excluding carboxylic acids is 1. The van der Waals surface area contributed by atoms with Gasteiger partial charge in [-0.05, 0) is 20.3 Å². The summed E-state index contributed by atoms with van der Waals surface area (Å²) in [6.07, 6.45) is 0.926. The molecule has 0 bridgehead atoms. The Morgan fingerprint density at radius 1 is 1.40 bits per heavy atom. The topological polar surface area (TPSA) is 83.6 Å². The van der Waals surface area contributed by atoms with Crippen LogP contribution in [-0.4, -0.2) is 40.5 Å². The van der Waals surface area contributed by atoms with Crippen LogP contribution in [0.4, 0.5) is 0 Å². The third-order valence-corrected chi connectivity index (χ3v) is 2.25. The van der Waals surface area contributed by atoms with Gasteiger partial charge in [-0.15, -0.1) is 0 Å². The van der Waals surface area contributed by atoms with Gasteiger partial charge in [0.1, 0.15) is 6.54 Å². The number of carboxylic acids is 1. The number of nitrogens with two attached hydrogens (primary N) is 1. The number of carboxylic acid groups (broad SMARTS) is 1. The first-order chi connectivity index (χ1) is 6.88. The smallest absolute Gasteiger partial charge is 0.323 e. The highest BCUT2D eigenvalue weighted by atomic mass is 16.4. The summed E-state index contributed by atoms with van der Waals surface area (Å²) < 4.78 is 0. The summed E-state index contributed by atoms with van der Waals surface area (Å²) in [6.45, 7) is 5.23. The molecule has 0 heterocycles. The van der Waals surface area contributed by atoms with Crippen LogP contribution in [0.2, 0.25) is 0 Å². The number of hydrogen-bond donors (Lipinski definition) is 2. The van der Waals surface area contributed by atoms with Crippen LogP contribution in [0.1, 0.15) is 33.6 Å². The average molecular weight is 216 g/mol. The standard InChI is InChI=1S/C10H20N2O3/c1-4-8(3)12(6-10(14)15)9(13)5-7(2)11/h7-8H,4-6,11H2,1-3H3,(H,14,15). The number of rotatable bonds is 6. The fourth-order valence-electron chi connectivity index (χ4n) is 1.25. The molecule has 0 aliphatic carbocycles. The predicted molar refractivity (Wildman–Crippen MR) is 57.4 cm³/mol. The molecule has 1 amide bonds. The number of hydrogen-bond acceptors (Lipinski definition) is 3. The second kappa shape index (κ2) is 6.40. The van der Waals surface area contributed by atoms with E-state index in [1.54, 1.807) is 6.92 Å². The van der Waals surface area contributed by atoms with E-state index in [1.165, 1.54) is 4.90 Å². The minimum Gasteiger partial charge on any atom is -0.480 e. The minimum atomic E-state index is -0.992. The van der Waals surface area contributed by atoms with Gasteiger partial charge in [-0.1, -0.05) is 6.92 Å². The molecule has 0 aromatic rings. The molecule has 0 saturated carbocycles. The van der Waals surface area contributed by atoms with Crippen molar-refractivity contribution in [2.24, 2.45) is 5.73 Å². The molecule has 0 spiro atoms. The number of nitrogens with zero attached hydrogens (tertiary/aromatic N) is 1. The largest absolute Gasteiger partial charge is 0.480 e. The van der Waals surface area contributed by atoms with E-state index in [0.29, 0.717) is 0 Å². The molecule has 0 aliphatic heterocycles. The van der Waals surface area contributed by atoms with Gasteiger partial charge in [0.15, 0.2) is 0 Å². The van der Waals surface area contributed by atoms with Crippen LogP contribution >= 0.6 is 0 Å². The maximum atomic E-state index is 11.7. The molecule has 0 aliphatic rings. The summed E-state index contributed by atoms with van der Waals surface area (Å²) in [5.74, 6) is -1.19. The Balaban J connectivity index is 4.47. The molecule has 5 nitrogen and oxygen atoms in total. The summed E-state index contributed by atoms with van der Waals surface area (Å²) in [6, 6.07) is -0.301. The van der Waals surface area contributed by atoms with E-state index in [1.807, 2.05) is 13.8 Å². The van der Waals surface area contributed by atoms with Crippen LogP contribution in [0.15, 0.2) is 0 Å². The molecule has 15 heavy (non-hydrogen) atoms. The number of amides is 1. The zero-order chi connectivity index (χ0) is 12.0. The van der Waals surface area contributed by atoms with Crippen LogP contribution in [0.3, 0.4) is 0 Å². The van der Waals surface area contributed by atoms with Gasteiger partial charge in [-0.3, -0.25) is 9.59 Å². The minimum absolute atomic E-state index is 0.0626. The number of carbonyl (C=O) groups is 2. The lowest BCUT2D eigenvalue weighted by molar-refractivity contribution is -0.146. The highest BCUT2D eigenvalue weighted by Crippen LogP contribution is 2.06. The Hall–Kier alpha value is -1.10. The third kappa shape index (κ3) is 5.37. The number of aliphatic carboxylic acids is 1. The monoisotopic (exact) mass is 216 g/mol. The van der Waals surface area contributed by atoms with Gasteiger partial charge in [0.25, 0.3) is 0 Å². The van der Waals surface area contributed by atoms with E-state index in [4.69, 9.17) is 10.8 Å². The lowest BCUT2D eigenvalue weighted by atomic mass is 10.1. The second-order valence-electron chi connectivity index (χ2n) is 3.85. The Morgan fingerprint density at radius 2 is 1.93 bits per heavy atom. The molecule has 88 valence electrons. The first kappa shape index (κ1) is 13.9. The Kier molecular flexibility index (Phi) is 5.93. The first-order valence-corrected chi connectivity index (χ1v) is 5.15. The van der Waals surface area contributed by atoms with Crippen molar-refractivity contribution in [2.45, 2.75) is 45.7 Å². The molecule has 0 rings (SSSR count). The van der Waals surface area contributed by atoms with E-state index >= 15 is 0 Å². The Labute approximate surface area is 90.2 Å². The fraction of sp³-hybridized carbons (Fsp3) is 0.800. The summed E-state index contributed by atoms with van der Waals surface area (Å²) in [5, 5.41) is 8.69. The highest BCUT2D eigenvalue weighted by Gasteiger charge is 2.21. The molecule has 0 saturated heterocycles. The van der Waals surface area contributed by atoms with Crippen LogP contribution in [0, 0.1) is 0 Å². The lowest BCUT2D eigenvalue weighted by Gasteiger charge is -2.27. The third-order valence-electron chi connectivity index (χ3n) is 2.25. The summed E-state index contributed by atoms with van der Waals surface area (Å²) in [4.78, 5) is 23.6. The van der Waals surface area contributed by atoms with Crippen molar-refractivity contribution in [1.82, 2.24) is 4.90 Å². The molecule has 0 radical (unpaired) electrons. The Bertz CT molecular complexity index is 229. The molecule has 0 fully saturated rings. The molecule has 0 aromatic carbocycles. The van der Waals surface area contributed by atoms with E-state index in [2.05, 4.69) is 0 Å². The molecule has 0 aromatic heterocycles.